The average Bonchev–Trinajstić information content (AvgIpc) is 2.57. The zero-order chi connectivity index (χ0) is 17.5. The fraction of sp³-hybridized carbons (Fsp3) is 0.167. The van der Waals surface area contributed by atoms with Crippen LogP contribution in [0.3, 0.4) is 0 Å². The van der Waals surface area contributed by atoms with Gasteiger partial charge >= 0.3 is 0 Å². The molecule has 0 aliphatic carbocycles. The molecule has 24 heavy (non-hydrogen) atoms. The molecule has 0 saturated carbocycles. The molecule has 0 radical (unpaired) electrons. The fourth-order valence-corrected chi connectivity index (χ4v) is 2.14. The van der Waals surface area contributed by atoms with Crippen LogP contribution in [0.4, 0.5) is 0 Å². The number of phenols is 3. The zero-order valence-electron chi connectivity index (χ0n) is 12.9. The lowest BCUT2D eigenvalue weighted by Gasteiger charge is -2.11. The summed E-state index contributed by atoms with van der Waals surface area (Å²) in [4.78, 5) is 12.3. The molecule has 0 unspecified atom stereocenters. The molecule has 0 heterocycles. The van der Waals surface area contributed by atoms with Crippen LogP contribution < -0.4 is 5.32 Å². The standard InChI is InChI=1S/C18H19NO5/c20-10-9-19-11-15-17(23)8-6-14(18(15)24)16(22)7-3-12-1-4-13(21)5-2-12/h1-8,19-21,23-24H,9-11H2/b7-3+. The van der Waals surface area contributed by atoms with Crippen LogP contribution in [0, 0.1) is 0 Å². The largest absolute Gasteiger partial charge is 0.508 e. The Balaban J connectivity index is 2.19. The van der Waals surface area contributed by atoms with Gasteiger partial charge < -0.3 is 25.7 Å². The summed E-state index contributed by atoms with van der Waals surface area (Å²) >= 11 is 0. The van der Waals surface area contributed by atoms with Crippen molar-refractivity contribution in [1.29, 1.82) is 0 Å². The number of allylic oxidation sites excluding steroid dienone is 1. The topological polar surface area (TPSA) is 110 Å². The van der Waals surface area contributed by atoms with E-state index in [-0.39, 0.29) is 41.5 Å². The molecular weight excluding hydrogens is 310 g/mol. The SMILES string of the molecule is O=C(/C=C/c1ccc(O)cc1)c1ccc(O)c(CNCCO)c1O. The zero-order valence-corrected chi connectivity index (χ0v) is 12.9. The lowest BCUT2D eigenvalue weighted by molar-refractivity contribution is 0.104. The van der Waals surface area contributed by atoms with Crippen molar-refractivity contribution in [3.05, 3.63) is 59.2 Å². The van der Waals surface area contributed by atoms with Gasteiger partial charge in [-0.1, -0.05) is 18.2 Å². The smallest absolute Gasteiger partial charge is 0.189 e. The van der Waals surface area contributed by atoms with Gasteiger partial charge in [-0.3, -0.25) is 4.79 Å². The predicted octanol–water partition coefficient (Wildman–Crippen LogP) is 1.78. The van der Waals surface area contributed by atoms with Crippen molar-refractivity contribution in [2.24, 2.45) is 0 Å². The number of nitrogens with one attached hydrogen (secondary N) is 1. The number of aromatic hydroxyl groups is 3. The Hall–Kier alpha value is -2.83. The third-order valence-electron chi connectivity index (χ3n) is 3.43. The normalized spacial score (nSPS) is 11.0. The lowest BCUT2D eigenvalue weighted by atomic mass is 10.0. The highest BCUT2D eigenvalue weighted by molar-refractivity contribution is 6.09. The third-order valence-corrected chi connectivity index (χ3v) is 3.43. The quantitative estimate of drug-likeness (QED) is 0.301. The first-order valence-corrected chi connectivity index (χ1v) is 7.39. The van der Waals surface area contributed by atoms with Crippen molar-refractivity contribution in [3.63, 3.8) is 0 Å². The van der Waals surface area contributed by atoms with E-state index in [0.29, 0.717) is 6.54 Å². The van der Waals surface area contributed by atoms with Crippen LogP contribution in [0.25, 0.3) is 6.08 Å². The number of ketones is 1. The van der Waals surface area contributed by atoms with E-state index in [1.165, 1.54) is 30.3 Å². The molecule has 0 amide bonds. The predicted molar refractivity (Wildman–Crippen MR) is 90.0 cm³/mol. The molecule has 6 heteroatoms. The molecule has 0 fully saturated rings. The average molecular weight is 329 g/mol. The van der Waals surface area contributed by atoms with Gasteiger partial charge in [-0.05, 0) is 35.9 Å². The molecule has 0 bridgehead atoms. The number of hydrogen-bond donors (Lipinski definition) is 5. The summed E-state index contributed by atoms with van der Waals surface area (Å²) in [5.74, 6) is -0.698. The molecule has 6 nitrogen and oxygen atoms in total. The van der Waals surface area contributed by atoms with Gasteiger partial charge in [0.1, 0.15) is 17.2 Å². The second-order valence-corrected chi connectivity index (χ2v) is 5.15. The highest BCUT2D eigenvalue weighted by Crippen LogP contribution is 2.31. The minimum Gasteiger partial charge on any atom is -0.508 e. The molecule has 0 spiro atoms. The van der Waals surface area contributed by atoms with Crippen molar-refractivity contribution in [3.8, 4) is 17.2 Å². The summed E-state index contributed by atoms with van der Waals surface area (Å²) in [5, 5.41) is 40.9. The molecule has 0 aliphatic heterocycles. The first-order valence-electron chi connectivity index (χ1n) is 7.39. The van der Waals surface area contributed by atoms with Gasteiger partial charge in [0.25, 0.3) is 0 Å². The van der Waals surface area contributed by atoms with Crippen molar-refractivity contribution in [2.45, 2.75) is 6.54 Å². The van der Waals surface area contributed by atoms with Crippen LogP contribution in [-0.2, 0) is 6.54 Å². The molecule has 2 rings (SSSR count). The van der Waals surface area contributed by atoms with E-state index in [1.54, 1.807) is 18.2 Å². The Labute approximate surface area is 139 Å². The number of benzene rings is 2. The van der Waals surface area contributed by atoms with E-state index in [1.807, 2.05) is 0 Å². The first kappa shape index (κ1) is 17.5. The van der Waals surface area contributed by atoms with Gasteiger partial charge in [0.05, 0.1) is 17.7 Å². The number of rotatable bonds is 7. The van der Waals surface area contributed by atoms with Gasteiger partial charge in [0.2, 0.25) is 0 Å². The summed E-state index contributed by atoms with van der Waals surface area (Å²) in [6.45, 7) is 0.356. The number of carbonyl (C=O) groups is 1. The van der Waals surface area contributed by atoms with Crippen molar-refractivity contribution in [1.82, 2.24) is 5.32 Å². The Kier molecular flexibility index (Phi) is 5.95. The Morgan fingerprint density at radius 3 is 2.42 bits per heavy atom. The van der Waals surface area contributed by atoms with Gasteiger partial charge in [-0.2, -0.15) is 0 Å². The Bertz CT molecular complexity index is 738. The van der Waals surface area contributed by atoms with E-state index in [2.05, 4.69) is 5.32 Å². The van der Waals surface area contributed by atoms with Crippen LogP contribution >= 0.6 is 0 Å². The molecule has 0 saturated heterocycles. The molecule has 5 N–H and O–H groups in total. The maximum Gasteiger partial charge on any atom is 0.189 e. The molecule has 126 valence electrons. The maximum absolute atomic E-state index is 12.3. The van der Waals surface area contributed by atoms with E-state index >= 15 is 0 Å². The number of aliphatic hydroxyl groups excluding tert-OH is 1. The summed E-state index contributed by atoms with van der Waals surface area (Å²) in [7, 11) is 0. The van der Waals surface area contributed by atoms with E-state index in [9.17, 15) is 20.1 Å². The Morgan fingerprint density at radius 1 is 1.04 bits per heavy atom. The van der Waals surface area contributed by atoms with Crippen LogP contribution in [0.2, 0.25) is 0 Å². The fourth-order valence-electron chi connectivity index (χ4n) is 2.14. The number of hydrogen-bond acceptors (Lipinski definition) is 6. The summed E-state index contributed by atoms with van der Waals surface area (Å²) in [5.41, 5.74) is 1.00. The van der Waals surface area contributed by atoms with E-state index < -0.39 is 5.78 Å². The van der Waals surface area contributed by atoms with E-state index in [4.69, 9.17) is 5.11 Å². The summed E-state index contributed by atoms with van der Waals surface area (Å²) < 4.78 is 0. The molecule has 2 aromatic rings. The molecule has 0 atom stereocenters. The molecular formula is C18H19NO5. The number of carbonyl (C=O) groups excluding carboxylic acids is 1. The lowest BCUT2D eigenvalue weighted by Crippen LogP contribution is -2.18. The molecule has 0 aliphatic rings. The molecule has 0 aromatic heterocycles. The van der Waals surface area contributed by atoms with Gasteiger partial charge in [-0.25, -0.2) is 0 Å². The van der Waals surface area contributed by atoms with Crippen molar-refractivity contribution in [2.75, 3.05) is 13.2 Å². The summed E-state index contributed by atoms with van der Waals surface area (Å²) in [6.07, 6.45) is 2.88. The number of phenolic OH excluding ortho intramolecular Hbond substituents is 3. The monoisotopic (exact) mass is 329 g/mol. The highest BCUT2D eigenvalue weighted by Gasteiger charge is 2.15. The van der Waals surface area contributed by atoms with Gasteiger partial charge in [0.15, 0.2) is 5.78 Å². The number of aliphatic hydroxyl groups is 1. The van der Waals surface area contributed by atoms with Gasteiger partial charge in [-0.15, -0.1) is 0 Å². The third kappa shape index (κ3) is 4.34. The first-order chi connectivity index (χ1) is 11.5. The minimum absolute atomic E-state index is 0.0728. The van der Waals surface area contributed by atoms with Crippen LogP contribution in [0.1, 0.15) is 21.5 Å². The Morgan fingerprint density at radius 2 is 1.75 bits per heavy atom. The second kappa shape index (κ2) is 8.14. The van der Waals surface area contributed by atoms with Crippen LogP contribution in [-0.4, -0.2) is 39.4 Å². The maximum atomic E-state index is 12.3. The molecule has 2 aromatic carbocycles. The van der Waals surface area contributed by atoms with Gasteiger partial charge in [0, 0.05) is 13.1 Å². The van der Waals surface area contributed by atoms with Crippen molar-refractivity contribution >= 4 is 11.9 Å². The van der Waals surface area contributed by atoms with E-state index in [0.717, 1.165) is 5.56 Å². The van der Waals surface area contributed by atoms with Crippen LogP contribution in [0.15, 0.2) is 42.5 Å². The summed E-state index contributed by atoms with van der Waals surface area (Å²) in [6, 6.07) is 9.02. The van der Waals surface area contributed by atoms with Crippen molar-refractivity contribution < 1.29 is 25.2 Å². The minimum atomic E-state index is -0.413. The van der Waals surface area contributed by atoms with Crippen LogP contribution in [0.5, 0.6) is 17.2 Å². The highest BCUT2D eigenvalue weighted by atomic mass is 16.3. The second-order valence-electron chi connectivity index (χ2n) is 5.15.